The molecule has 0 bridgehead atoms. The fourth-order valence-corrected chi connectivity index (χ4v) is 3.86. The molecule has 1 atom stereocenters. The van der Waals surface area contributed by atoms with E-state index in [9.17, 15) is 4.79 Å². The number of imidazole rings is 1. The Morgan fingerprint density at radius 3 is 2.19 bits per heavy atom. The maximum Gasteiger partial charge on any atom is 0.247 e. The summed E-state index contributed by atoms with van der Waals surface area (Å²) in [7, 11) is 0. The molecule has 5 heteroatoms. The van der Waals surface area contributed by atoms with Gasteiger partial charge in [-0.15, -0.1) is 0 Å². The Balaban J connectivity index is 1.69. The molecule has 0 aliphatic rings. The molecule has 0 fully saturated rings. The number of benzene rings is 3. The standard InChI is InChI=1S/C26H27N3O2/c1-19(2)29(21-12-6-4-7-13-21)25(30)18-28-24-17-11-10-16-23(24)27-26(28)20(3)31-22-14-8-5-9-15-22/h4-17,19-20H,18H2,1-3H3/t20-/m0/s1. The number of ether oxygens (including phenoxy) is 1. The number of hydrogen-bond acceptors (Lipinski definition) is 3. The number of amides is 1. The van der Waals surface area contributed by atoms with E-state index in [1.165, 1.54) is 0 Å². The number of aromatic nitrogens is 2. The van der Waals surface area contributed by atoms with Crippen LogP contribution in [-0.2, 0) is 11.3 Å². The van der Waals surface area contributed by atoms with E-state index in [-0.39, 0.29) is 24.6 Å². The molecule has 0 saturated heterocycles. The average molecular weight is 414 g/mol. The van der Waals surface area contributed by atoms with Crippen molar-refractivity contribution in [2.45, 2.75) is 39.5 Å². The number of rotatable bonds is 7. The lowest BCUT2D eigenvalue weighted by Crippen LogP contribution is -2.39. The van der Waals surface area contributed by atoms with Crippen molar-refractivity contribution < 1.29 is 9.53 Å². The molecule has 0 aliphatic heterocycles. The SMILES string of the molecule is CC(C)N(C(=O)Cn1c([C@H](C)Oc2ccccc2)nc2ccccc21)c1ccccc1. The molecule has 0 saturated carbocycles. The predicted molar refractivity (Wildman–Crippen MR) is 124 cm³/mol. The molecule has 1 heterocycles. The monoisotopic (exact) mass is 413 g/mol. The molecule has 158 valence electrons. The van der Waals surface area contributed by atoms with Crippen molar-refractivity contribution in [3.63, 3.8) is 0 Å². The fraction of sp³-hybridized carbons (Fsp3) is 0.231. The summed E-state index contributed by atoms with van der Waals surface area (Å²) in [5, 5.41) is 0. The Kier molecular flexibility index (Phi) is 6.03. The van der Waals surface area contributed by atoms with Crippen molar-refractivity contribution in [2.75, 3.05) is 4.90 Å². The second-order valence-electron chi connectivity index (χ2n) is 7.81. The lowest BCUT2D eigenvalue weighted by Gasteiger charge is -2.28. The van der Waals surface area contributed by atoms with Crippen LogP contribution in [0.15, 0.2) is 84.9 Å². The zero-order chi connectivity index (χ0) is 21.8. The van der Waals surface area contributed by atoms with Crippen LogP contribution in [-0.4, -0.2) is 21.5 Å². The van der Waals surface area contributed by atoms with E-state index >= 15 is 0 Å². The molecule has 1 aromatic heterocycles. The molecule has 4 aromatic rings. The summed E-state index contributed by atoms with van der Waals surface area (Å²) in [6, 6.07) is 27.4. The van der Waals surface area contributed by atoms with Crippen molar-refractivity contribution in [3.8, 4) is 5.75 Å². The molecule has 31 heavy (non-hydrogen) atoms. The van der Waals surface area contributed by atoms with E-state index in [0.717, 1.165) is 28.3 Å². The third-order valence-corrected chi connectivity index (χ3v) is 5.22. The highest BCUT2D eigenvalue weighted by atomic mass is 16.5. The molecule has 0 N–H and O–H groups in total. The maximum atomic E-state index is 13.5. The molecular weight excluding hydrogens is 386 g/mol. The molecule has 0 aliphatic carbocycles. The lowest BCUT2D eigenvalue weighted by atomic mass is 10.2. The van der Waals surface area contributed by atoms with Crippen LogP contribution in [0.1, 0.15) is 32.7 Å². The minimum atomic E-state index is -0.313. The maximum absolute atomic E-state index is 13.5. The first-order chi connectivity index (χ1) is 15.0. The van der Waals surface area contributed by atoms with Crippen LogP contribution in [0, 0.1) is 0 Å². The first-order valence-corrected chi connectivity index (χ1v) is 10.6. The van der Waals surface area contributed by atoms with Gasteiger partial charge in [0.05, 0.1) is 11.0 Å². The van der Waals surface area contributed by atoms with Gasteiger partial charge >= 0.3 is 0 Å². The first-order valence-electron chi connectivity index (χ1n) is 10.6. The van der Waals surface area contributed by atoms with Crippen LogP contribution in [0.25, 0.3) is 11.0 Å². The second-order valence-corrected chi connectivity index (χ2v) is 7.81. The van der Waals surface area contributed by atoms with Crippen LogP contribution < -0.4 is 9.64 Å². The minimum Gasteiger partial charge on any atom is -0.483 e. The molecule has 3 aromatic carbocycles. The van der Waals surface area contributed by atoms with E-state index in [1.807, 2.05) is 115 Å². The molecule has 0 unspecified atom stereocenters. The van der Waals surface area contributed by atoms with Gasteiger partial charge in [0.2, 0.25) is 5.91 Å². The Morgan fingerprint density at radius 1 is 0.903 bits per heavy atom. The van der Waals surface area contributed by atoms with Gasteiger partial charge < -0.3 is 14.2 Å². The molecule has 1 amide bonds. The molecule has 4 rings (SSSR count). The first kappa shape index (κ1) is 20.7. The van der Waals surface area contributed by atoms with Crippen LogP contribution in [0.2, 0.25) is 0 Å². The van der Waals surface area contributed by atoms with Crippen LogP contribution in [0.5, 0.6) is 5.75 Å². The average Bonchev–Trinajstić information content (AvgIpc) is 3.14. The minimum absolute atomic E-state index is 0.0116. The number of carbonyl (C=O) groups is 1. The molecule has 0 radical (unpaired) electrons. The third-order valence-electron chi connectivity index (χ3n) is 5.22. The number of carbonyl (C=O) groups excluding carboxylic acids is 1. The predicted octanol–water partition coefficient (Wildman–Crippen LogP) is 5.62. The Bertz CT molecular complexity index is 1150. The van der Waals surface area contributed by atoms with Gasteiger partial charge in [0, 0.05) is 11.7 Å². The largest absolute Gasteiger partial charge is 0.483 e. The Hall–Kier alpha value is -3.60. The highest BCUT2D eigenvalue weighted by Gasteiger charge is 2.24. The van der Waals surface area contributed by atoms with Gasteiger partial charge in [-0.1, -0.05) is 48.5 Å². The van der Waals surface area contributed by atoms with E-state index in [0.29, 0.717) is 0 Å². The Morgan fingerprint density at radius 2 is 1.52 bits per heavy atom. The van der Waals surface area contributed by atoms with E-state index < -0.39 is 0 Å². The smallest absolute Gasteiger partial charge is 0.247 e. The van der Waals surface area contributed by atoms with Gasteiger partial charge in [-0.2, -0.15) is 0 Å². The van der Waals surface area contributed by atoms with Crippen molar-refractivity contribution in [1.29, 1.82) is 0 Å². The summed E-state index contributed by atoms with van der Waals surface area (Å²) in [5.74, 6) is 1.51. The number of fused-ring (bicyclic) bond motifs is 1. The van der Waals surface area contributed by atoms with E-state index in [2.05, 4.69) is 0 Å². The highest BCUT2D eigenvalue weighted by molar-refractivity contribution is 5.94. The van der Waals surface area contributed by atoms with E-state index in [1.54, 1.807) is 0 Å². The normalized spacial score (nSPS) is 12.1. The summed E-state index contributed by atoms with van der Waals surface area (Å²) in [5.41, 5.74) is 2.66. The summed E-state index contributed by atoms with van der Waals surface area (Å²) < 4.78 is 8.11. The van der Waals surface area contributed by atoms with Gasteiger partial charge in [-0.05, 0) is 57.2 Å². The molecule has 0 spiro atoms. The van der Waals surface area contributed by atoms with Crippen LogP contribution in [0.3, 0.4) is 0 Å². The van der Waals surface area contributed by atoms with Gasteiger partial charge in [-0.3, -0.25) is 4.79 Å². The topological polar surface area (TPSA) is 47.4 Å². The highest BCUT2D eigenvalue weighted by Crippen LogP contribution is 2.26. The van der Waals surface area contributed by atoms with Crippen LogP contribution in [0.4, 0.5) is 5.69 Å². The number of anilines is 1. The van der Waals surface area contributed by atoms with Crippen LogP contribution >= 0.6 is 0 Å². The van der Waals surface area contributed by atoms with Gasteiger partial charge in [0.25, 0.3) is 0 Å². The molecule has 5 nitrogen and oxygen atoms in total. The summed E-state index contributed by atoms with van der Waals surface area (Å²) in [6.07, 6.45) is -0.313. The Labute approximate surface area is 182 Å². The number of nitrogens with zero attached hydrogens (tertiary/aromatic N) is 3. The summed E-state index contributed by atoms with van der Waals surface area (Å²) in [4.78, 5) is 20.1. The number of hydrogen-bond donors (Lipinski definition) is 0. The van der Waals surface area contributed by atoms with Gasteiger partial charge in [-0.25, -0.2) is 4.98 Å². The van der Waals surface area contributed by atoms with E-state index in [4.69, 9.17) is 9.72 Å². The third kappa shape index (κ3) is 4.45. The zero-order valence-electron chi connectivity index (χ0n) is 18.1. The molecular formula is C26H27N3O2. The zero-order valence-corrected chi connectivity index (χ0v) is 18.1. The fourth-order valence-electron chi connectivity index (χ4n) is 3.86. The number of para-hydroxylation sites is 4. The van der Waals surface area contributed by atoms with Crippen molar-refractivity contribution >= 4 is 22.6 Å². The lowest BCUT2D eigenvalue weighted by molar-refractivity contribution is -0.119. The van der Waals surface area contributed by atoms with Crippen molar-refractivity contribution in [2.24, 2.45) is 0 Å². The second kappa shape index (κ2) is 9.04. The van der Waals surface area contributed by atoms with Crippen molar-refractivity contribution in [3.05, 3.63) is 90.8 Å². The van der Waals surface area contributed by atoms with Gasteiger partial charge in [0.15, 0.2) is 11.9 Å². The summed E-state index contributed by atoms with van der Waals surface area (Å²) in [6.45, 7) is 6.20. The summed E-state index contributed by atoms with van der Waals surface area (Å²) >= 11 is 0. The van der Waals surface area contributed by atoms with Gasteiger partial charge in [0.1, 0.15) is 12.3 Å². The quantitative estimate of drug-likeness (QED) is 0.395. The van der Waals surface area contributed by atoms with Crippen molar-refractivity contribution in [1.82, 2.24) is 9.55 Å².